The summed E-state index contributed by atoms with van der Waals surface area (Å²) < 4.78 is 0. The molecule has 1 N–H and O–H groups in total. The van der Waals surface area contributed by atoms with E-state index < -0.39 is 0 Å². The number of benzene rings is 2. The minimum absolute atomic E-state index is 0.904. The van der Waals surface area contributed by atoms with Crippen LogP contribution in [0.4, 0.5) is 0 Å². The van der Waals surface area contributed by atoms with Crippen LogP contribution in [-0.4, -0.2) is 15.0 Å². The van der Waals surface area contributed by atoms with Crippen LogP contribution in [0.15, 0.2) is 67.0 Å². The fourth-order valence-corrected chi connectivity index (χ4v) is 2.81. The number of nitrogens with zero attached hydrogens (tertiary/aromatic N) is 2. The summed E-state index contributed by atoms with van der Waals surface area (Å²) in [5, 5.41) is 2.43. The van der Waals surface area contributed by atoms with Crippen LogP contribution in [0.3, 0.4) is 0 Å². The molecule has 0 spiro atoms. The second-order valence-corrected chi connectivity index (χ2v) is 5.32. The molecule has 0 aliphatic carbocycles. The van der Waals surface area contributed by atoms with Gasteiger partial charge < -0.3 is 4.98 Å². The molecule has 0 amide bonds. The SMILES string of the molecule is Cc1[nH]c(-c2cccc3ccccc23)nc1-c1ccncc1. The number of aromatic amines is 1. The molecule has 0 atom stereocenters. The number of aromatic nitrogens is 3. The molecule has 0 aliphatic rings. The van der Waals surface area contributed by atoms with E-state index in [1.54, 1.807) is 12.4 Å². The monoisotopic (exact) mass is 285 g/mol. The first kappa shape index (κ1) is 12.8. The highest BCUT2D eigenvalue weighted by molar-refractivity contribution is 5.95. The van der Waals surface area contributed by atoms with Gasteiger partial charge in [0.25, 0.3) is 0 Å². The Morgan fingerprint density at radius 3 is 2.50 bits per heavy atom. The van der Waals surface area contributed by atoms with Gasteiger partial charge >= 0.3 is 0 Å². The Kier molecular flexibility index (Phi) is 2.97. The first-order valence-corrected chi connectivity index (χ1v) is 7.28. The zero-order chi connectivity index (χ0) is 14.9. The molecule has 3 nitrogen and oxygen atoms in total. The summed E-state index contributed by atoms with van der Waals surface area (Å²) in [5.41, 5.74) is 4.25. The van der Waals surface area contributed by atoms with Crippen molar-refractivity contribution in [3.63, 3.8) is 0 Å². The maximum Gasteiger partial charge on any atom is 0.138 e. The van der Waals surface area contributed by atoms with Gasteiger partial charge in [0, 0.05) is 29.2 Å². The summed E-state index contributed by atoms with van der Waals surface area (Å²) in [5.74, 6) is 0.904. The van der Waals surface area contributed by atoms with Crippen molar-refractivity contribution in [2.24, 2.45) is 0 Å². The van der Waals surface area contributed by atoms with Crippen LogP contribution in [0.25, 0.3) is 33.4 Å². The minimum atomic E-state index is 0.904. The Morgan fingerprint density at radius 2 is 1.64 bits per heavy atom. The van der Waals surface area contributed by atoms with E-state index in [1.165, 1.54) is 10.8 Å². The summed E-state index contributed by atoms with van der Waals surface area (Å²) in [4.78, 5) is 12.3. The summed E-state index contributed by atoms with van der Waals surface area (Å²) in [6.07, 6.45) is 3.59. The van der Waals surface area contributed by atoms with E-state index in [9.17, 15) is 0 Å². The van der Waals surface area contributed by atoms with Crippen LogP contribution in [0.2, 0.25) is 0 Å². The lowest BCUT2D eigenvalue weighted by Crippen LogP contribution is -1.84. The van der Waals surface area contributed by atoms with E-state index in [-0.39, 0.29) is 0 Å². The van der Waals surface area contributed by atoms with Crippen molar-refractivity contribution in [1.29, 1.82) is 0 Å². The number of imidazole rings is 1. The Morgan fingerprint density at radius 1 is 0.864 bits per heavy atom. The van der Waals surface area contributed by atoms with Crippen molar-refractivity contribution in [1.82, 2.24) is 15.0 Å². The number of fused-ring (bicyclic) bond motifs is 1. The highest BCUT2D eigenvalue weighted by atomic mass is 14.9. The molecule has 0 fully saturated rings. The maximum absolute atomic E-state index is 4.82. The van der Waals surface area contributed by atoms with Crippen LogP contribution in [0.5, 0.6) is 0 Å². The lowest BCUT2D eigenvalue weighted by atomic mass is 10.0. The lowest BCUT2D eigenvalue weighted by molar-refractivity contribution is 1.26. The third kappa shape index (κ3) is 2.07. The highest BCUT2D eigenvalue weighted by Gasteiger charge is 2.12. The second-order valence-electron chi connectivity index (χ2n) is 5.32. The minimum Gasteiger partial charge on any atom is -0.342 e. The zero-order valence-corrected chi connectivity index (χ0v) is 12.2. The number of rotatable bonds is 2. The molecule has 0 saturated carbocycles. The molecule has 2 aromatic heterocycles. The molecule has 2 aromatic carbocycles. The molecule has 106 valence electrons. The molecular formula is C19H15N3. The number of hydrogen-bond acceptors (Lipinski definition) is 2. The Bertz CT molecular complexity index is 934. The molecule has 0 radical (unpaired) electrons. The maximum atomic E-state index is 4.82. The average molecular weight is 285 g/mol. The smallest absolute Gasteiger partial charge is 0.138 e. The van der Waals surface area contributed by atoms with Crippen molar-refractivity contribution in [3.05, 3.63) is 72.7 Å². The van der Waals surface area contributed by atoms with Gasteiger partial charge in [-0.3, -0.25) is 4.98 Å². The molecule has 3 heteroatoms. The fraction of sp³-hybridized carbons (Fsp3) is 0.0526. The number of hydrogen-bond donors (Lipinski definition) is 1. The standard InChI is InChI=1S/C19H15N3/c1-13-18(15-9-11-20-12-10-15)22-19(21-13)17-8-4-6-14-5-2-3-7-16(14)17/h2-12H,1H3,(H,21,22). The van der Waals surface area contributed by atoms with Crippen LogP contribution in [0, 0.1) is 6.92 Å². The normalized spacial score (nSPS) is 11.0. The summed E-state index contributed by atoms with van der Waals surface area (Å²) in [6.45, 7) is 2.05. The Hall–Kier alpha value is -2.94. The first-order valence-electron chi connectivity index (χ1n) is 7.28. The van der Waals surface area contributed by atoms with Crippen LogP contribution in [0.1, 0.15) is 5.69 Å². The summed E-state index contributed by atoms with van der Waals surface area (Å²) >= 11 is 0. The zero-order valence-electron chi connectivity index (χ0n) is 12.2. The van der Waals surface area contributed by atoms with Crippen LogP contribution in [-0.2, 0) is 0 Å². The molecule has 0 aliphatic heterocycles. The molecule has 4 aromatic rings. The number of pyridine rings is 1. The molecule has 2 heterocycles. The van der Waals surface area contributed by atoms with E-state index in [0.717, 1.165) is 28.3 Å². The second kappa shape index (κ2) is 5.11. The number of nitrogens with one attached hydrogen (secondary N) is 1. The summed E-state index contributed by atoms with van der Waals surface area (Å²) in [7, 11) is 0. The number of aryl methyl sites for hydroxylation is 1. The van der Waals surface area contributed by atoms with Gasteiger partial charge in [0.2, 0.25) is 0 Å². The van der Waals surface area contributed by atoms with Crippen molar-refractivity contribution in [3.8, 4) is 22.6 Å². The van der Waals surface area contributed by atoms with Crippen molar-refractivity contribution in [2.45, 2.75) is 6.92 Å². The molecule has 22 heavy (non-hydrogen) atoms. The highest BCUT2D eigenvalue weighted by Crippen LogP contribution is 2.30. The topological polar surface area (TPSA) is 41.6 Å². The molecule has 4 rings (SSSR count). The van der Waals surface area contributed by atoms with Crippen LogP contribution < -0.4 is 0 Å². The Balaban J connectivity index is 1.90. The predicted octanol–water partition coefficient (Wildman–Crippen LogP) is 4.60. The number of H-pyrrole nitrogens is 1. The largest absolute Gasteiger partial charge is 0.342 e. The van der Waals surface area contributed by atoms with Gasteiger partial charge in [-0.05, 0) is 29.8 Å². The van der Waals surface area contributed by atoms with E-state index >= 15 is 0 Å². The first-order chi connectivity index (χ1) is 10.8. The van der Waals surface area contributed by atoms with Crippen LogP contribution >= 0.6 is 0 Å². The molecule has 0 saturated heterocycles. The molecular weight excluding hydrogens is 270 g/mol. The quantitative estimate of drug-likeness (QED) is 0.584. The van der Waals surface area contributed by atoms with Gasteiger partial charge in [-0.15, -0.1) is 0 Å². The van der Waals surface area contributed by atoms with Gasteiger partial charge in [0.05, 0.1) is 5.69 Å². The van der Waals surface area contributed by atoms with Gasteiger partial charge in [-0.25, -0.2) is 4.98 Å². The molecule has 0 unspecified atom stereocenters. The van der Waals surface area contributed by atoms with E-state index in [1.807, 2.05) is 12.1 Å². The van der Waals surface area contributed by atoms with Gasteiger partial charge in [0.1, 0.15) is 5.82 Å². The van der Waals surface area contributed by atoms with E-state index in [0.29, 0.717) is 0 Å². The molecule has 0 bridgehead atoms. The van der Waals surface area contributed by atoms with Crippen molar-refractivity contribution < 1.29 is 0 Å². The van der Waals surface area contributed by atoms with Gasteiger partial charge in [-0.1, -0.05) is 42.5 Å². The third-order valence-electron chi connectivity index (χ3n) is 3.88. The van der Waals surface area contributed by atoms with Crippen molar-refractivity contribution >= 4 is 10.8 Å². The van der Waals surface area contributed by atoms with E-state index in [2.05, 4.69) is 59.4 Å². The Labute approximate surface area is 128 Å². The van der Waals surface area contributed by atoms with Gasteiger partial charge in [0.15, 0.2) is 0 Å². The fourth-order valence-electron chi connectivity index (χ4n) is 2.81. The third-order valence-corrected chi connectivity index (χ3v) is 3.88. The average Bonchev–Trinajstić information content (AvgIpc) is 2.97. The lowest BCUT2D eigenvalue weighted by Gasteiger charge is -2.03. The van der Waals surface area contributed by atoms with Crippen molar-refractivity contribution in [2.75, 3.05) is 0 Å². The van der Waals surface area contributed by atoms with E-state index in [4.69, 9.17) is 4.98 Å². The predicted molar refractivity (Wildman–Crippen MR) is 89.5 cm³/mol. The summed E-state index contributed by atoms with van der Waals surface area (Å²) in [6, 6.07) is 18.6. The van der Waals surface area contributed by atoms with Gasteiger partial charge in [-0.2, -0.15) is 0 Å².